The number of nitrogens with zero attached hydrogens (tertiary/aromatic N) is 3. The van der Waals surface area contributed by atoms with Gasteiger partial charge < -0.3 is 0 Å². The van der Waals surface area contributed by atoms with Gasteiger partial charge in [-0.1, -0.05) is 0 Å². The molecule has 0 aliphatic carbocycles. The van der Waals surface area contributed by atoms with Crippen LogP contribution in [-0.2, 0) is 7.05 Å². The van der Waals surface area contributed by atoms with Crippen molar-refractivity contribution in [3.05, 3.63) is 18.5 Å². The van der Waals surface area contributed by atoms with Crippen LogP contribution in [0.25, 0.3) is 10.9 Å². The molecule has 3 nitrogen and oxygen atoms in total. The van der Waals surface area contributed by atoms with E-state index in [0.717, 1.165) is 16.5 Å². The van der Waals surface area contributed by atoms with Crippen LogP contribution < -0.4 is 5.59 Å². The van der Waals surface area contributed by atoms with Gasteiger partial charge in [-0.25, -0.2) is 0 Å². The Morgan fingerprint density at radius 3 is 3.18 bits per heavy atom. The van der Waals surface area contributed by atoms with Crippen molar-refractivity contribution in [2.24, 2.45) is 7.05 Å². The Balaban J connectivity index is 2.82. The molecule has 0 radical (unpaired) electrons. The molecule has 11 heavy (non-hydrogen) atoms. The van der Waals surface area contributed by atoms with Crippen molar-refractivity contribution in [3.63, 3.8) is 0 Å². The van der Waals surface area contributed by atoms with E-state index in [0.29, 0.717) is 0 Å². The van der Waals surface area contributed by atoms with E-state index in [1.165, 1.54) is 0 Å². The number of fused-ring (bicyclic) bond motifs is 1. The Morgan fingerprint density at radius 2 is 2.36 bits per heavy atom. The zero-order valence-electron chi connectivity index (χ0n) is 6.57. The van der Waals surface area contributed by atoms with Crippen LogP contribution in [0.1, 0.15) is 0 Å². The predicted molar refractivity (Wildman–Crippen MR) is 46.7 cm³/mol. The normalized spacial score (nSPS) is 10.6. The first-order chi connectivity index (χ1) is 5.25. The topological polar surface area (TPSA) is 30.7 Å². The van der Waals surface area contributed by atoms with Gasteiger partial charge in [-0.3, -0.25) is 9.67 Å². The Hall–Kier alpha value is -1.32. The number of aryl methyl sites for hydroxylation is 1. The van der Waals surface area contributed by atoms with Crippen LogP contribution >= 0.6 is 0 Å². The van der Waals surface area contributed by atoms with E-state index in [-0.39, 0.29) is 0 Å². The maximum absolute atomic E-state index is 4.21. The number of rotatable bonds is 0. The Bertz CT molecular complexity index is 393. The lowest BCUT2D eigenvalue weighted by atomic mass is 10.0. The quantitative estimate of drug-likeness (QED) is 0.455. The molecule has 0 aromatic carbocycles. The van der Waals surface area contributed by atoms with Gasteiger partial charge in [0.05, 0.1) is 6.20 Å². The van der Waals surface area contributed by atoms with Crippen LogP contribution in [0.2, 0.25) is 0 Å². The van der Waals surface area contributed by atoms with E-state index >= 15 is 0 Å². The van der Waals surface area contributed by atoms with Crippen LogP contribution in [0.3, 0.4) is 0 Å². The fraction of sp³-hybridized carbons (Fsp3) is 0.143. The highest BCUT2D eigenvalue weighted by Gasteiger charge is 1.96. The SMILES string of the molecule is Bc1cc2cn(C)nc2cn1. The molecule has 0 saturated carbocycles. The van der Waals surface area contributed by atoms with Crippen molar-refractivity contribution in [1.82, 2.24) is 14.8 Å². The third-order valence-corrected chi connectivity index (χ3v) is 1.64. The second-order valence-corrected chi connectivity index (χ2v) is 2.69. The highest BCUT2D eigenvalue weighted by molar-refractivity contribution is 6.31. The number of hydrogen-bond donors (Lipinski definition) is 0. The molecule has 0 spiro atoms. The van der Waals surface area contributed by atoms with Crippen molar-refractivity contribution in [1.29, 1.82) is 0 Å². The summed E-state index contributed by atoms with van der Waals surface area (Å²) in [5.41, 5.74) is 1.99. The first-order valence-electron chi connectivity index (χ1n) is 3.52. The smallest absolute Gasteiger partial charge is 0.163 e. The van der Waals surface area contributed by atoms with Crippen molar-refractivity contribution in [2.45, 2.75) is 0 Å². The Kier molecular flexibility index (Phi) is 1.21. The second kappa shape index (κ2) is 2.08. The third-order valence-electron chi connectivity index (χ3n) is 1.64. The molecule has 0 amide bonds. The number of aromatic nitrogens is 3. The second-order valence-electron chi connectivity index (χ2n) is 2.69. The molecule has 0 aliphatic rings. The van der Waals surface area contributed by atoms with Crippen molar-refractivity contribution < 1.29 is 0 Å². The molecule has 0 atom stereocenters. The van der Waals surface area contributed by atoms with E-state index in [4.69, 9.17) is 0 Å². The highest BCUT2D eigenvalue weighted by atomic mass is 15.2. The molecule has 0 fully saturated rings. The van der Waals surface area contributed by atoms with Gasteiger partial charge >= 0.3 is 0 Å². The summed E-state index contributed by atoms with van der Waals surface area (Å²) in [4.78, 5) is 4.14. The predicted octanol–water partition coefficient (Wildman–Crippen LogP) is -0.773. The lowest BCUT2D eigenvalue weighted by Crippen LogP contribution is -2.05. The van der Waals surface area contributed by atoms with Gasteiger partial charge in [0.25, 0.3) is 0 Å². The summed E-state index contributed by atoms with van der Waals surface area (Å²) >= 11 is 0. The summed E-state index contributed by atoms with van der Waals surface area (Å²) in [5.74, 6) is 0. The van der Waals surface area contributed by atoms with E-state index in [1.807, 2.05) is 27.2 Å². The lowest BCUT2D eigenvalue weighted by molar-refractivity contribution is 0.779. The van der Waals surface area contributed by atoms with Gasteiger partial charge in [0.15, 0.2) is 7.85 Å². The van der Waals surface area contributed by atoms with Crippen molar-refractivity contribution in [3.8, 4) is 0 Å². The van der Waals surface area contributed by atoms with Gasteiger partial charge in [-0.05, 0) is 11.7 Å². The molecule has 0 bridgehead atoms. The summed E-state index contributed by atoms with van der Waals surface area (Å²) in [5, 5.41) is 5.36. The molecule has 4 heteroatoms. The molecule has 2 heterocycles. The minimum Gasteiger partial charge on any atom is -0.275 e. The standard InChI is InChI=1S/C7H8BN3/c1-11-4-5-2-7(8)9-3-6(5)10-11/h2-4H,8H2,1H3. The van der Waals surface area contributed by atoms with E-state index in [2.05, 4.69) is 10.1 Å². The Labute approximate surface area is 65.5 Å². The summed E-state index contributed by atoms with van der Waals surface area (Å²) in [6.45, 7) is 0. The monoisotopic (exact) mass is 145 g/mol. The fourth-order valence-corrected chi connectivity index (χ4v) is 1.16. The first kappa shape index (κ1) is 6.40. The summed E-state index contributed by atoms with van der Waals surface area (Å²) in [6, 6.07) is 2.03. The number of pyridine rings is 1. The summed E-state index contributed by atoms with van der Waals surface area (Å²) in [7, 11) is 3.89. The van der Waals surface area contributed by atoms with Gasteiger partial charge in [0.1, 0.15) is 5.52 Å². The highest BCUT2D eigenvalue weighted by Crippen LogP contribution is 2.06. The van der Waals surface area contributed by atoms with Crippen LogP contribution in [0.4, 0.5) is 0 Å². The molecule has 2 rings (SSSR count). The molecule has 2 aromatic heterocycles. The largest absolute Gasteiger partial charge is 0.275 e. The van der Waals surface area contributed by atoms with Gasteiger partial charge in [0, 0.05) is 18.6 Å². The molecule has 54 valence electrons. The summed E-state index contributed by atoms with van der Waals surface area (Å²) in [6.07, 6.45) is 3.79. The molecule has 0 N–H and O–H groups in total. The zero-order chi connectivity index (χ0) is 7.84. The average molecular weight is 145 g/mol. The molecular weight excluding hydrogens is 137 g/mol. The maximum Gasteiger partial charge on any atom is 0.163 e. The molecule has 0 saturated heterocycles. The summed E-state index contributed by atoms with van der Waals surface area (Å²) < 4.78 is 1.80. The van der Waals surface area contributed by atoms with E-state index in [1.54, 1.807) is 10.9 Å². The average Bonchev–Trinajstić information content (AvgIpc) is 2.27. The van der Waals surface area contributed by atoms with E-state index in [9.17, 15) is 0 Å². The van der Waals surface area contributed by atoms with Crippen molar-refractivity contribution >= 4 is 24.3 Å². The fourth-order valence-electron chi connectivity index (χ4n) is 1.16. The minimum atomic E-state index is 0.957. The van der Waals surface area contributed by atoms with Gasteiger partial charge in [-0.15, -0.1) is 0 Å². The Morgan fingerprint density at radius 1 is 1.55 bits per heavy atom. The first-order valence-corrected chi connectivity index (χ1v) is 3.52. The molecular formula is C7H8BN3. The van der Waals surface area contributed by atoms with Crippen LogP contribution in [0.5, 0.6) is 0 Å². The lowest BCUT2D eigenvalue weighted by Gasteiger charge is -1.87. The molecule has 0 aliphatic heterocycles. The van der Waals surface area contributed by atoms with E-state index < -0.39 is 0 Å². The molecule has 0 unspecified atom stereocenters. The van der Waals surface area contributed by atoms with Gasteiger partial charge in [-0.2, -0.15) is 5.10 Å². The molecule has 2 aromatic rings. The van der Waals surface area contributed by atoms with Crippen LogP contribution in [0.15, 0.2) is 18.5 Å². The third kappa shape index (κ3) is 1.00. The number of hydrogen-bond acceptors (Lipinski definition) is 2. The van der Waals surface area contributed by atoms with Gasteiger partial charge in [0.2, 0.25) is 0 Å². The van der Waals surface area contributed by atoms with Crippen molar-refractivity contribution in [2.75, 3.05) is 0 Å². The minimum absolute atomic E-state index is 0.957. The van der Waals surface area contributed by atoms with Crippen LogP contribution in [0, 0.1) is 0 Å². The van der Waals surface area contributed by atoms with Crippen LogP contribution in [-0.4, -0.2) is 22.6 Å². The maximum atomic E-state index is 4.21. The zero-order valence-corrected chi connectivity index (χ0v) is 6.57.